The van der Waals surface area contributed by atoms with Crippen molar-refractivity contribution in [3.63, 3.8) is 0 Å². The summed E-state index contributed by atoms with van der Waals surface area (Å²) in [5.74, 6) is 2.97. The SMILES string of the molecule is C=C(/C=C(\CC)C(F)F)N(CC)c1nn(C2CCC(C(C)C(C)C)CC2)c2c1CN(C(C)=O)CC2.CC.CC.CCC. The third kappa shape index (κ3) is 10.8. The van der Waals surface area contributed by atoms with Gasteiger partial charge in [-0.05, 0) is 68.4 Å². The van der Waals surface area contributed by atoms with Crippen LogP contribution in [0.4, 0.5) is 14.6 Å². The summed E-state index contributed by atoms with van der Waals surface area (Å²) in [5.41, 5.74) is 2.82. The Morgan fingerprint density at radius 3 is 2.02 bits per heavy atom. The molecule has 1 amide bonds. The van der Waals surface area contributed by atoms with Gasteiger partial charge in [-0.3, -0.25) is 9.48 Å². The van der Waals surface area contributed by atoms with E-state index in [9.17, 15) is 13.6 Å². The molecular weight excluding hydrogens is 530 g/mol. The molecule has 1 unspecified atom stereocenters. The van der Waals surface area contributed by atoms with Gasteiger partial charge in [0.2, 0.25) is 5.91 Å². The van der Waals surface area contributed by atoms with Gasteiger partial charge in [-0.1, -0.05) is 82.2 Å². The molecule has 1 aromatic rings. The van der Waals surface area contributed by atoms with Crippen molar-refractivity contribution in [2.45, 2.75) is 147 Å². The Labute approximate surface area is 257 Å². The number of alkyl halides is 2. The van der Waals surface area contributed by atoms with Crippen molar-refractivity contribution < 1.29 is 13.6 Å². The summed E-state index contributed by atoms with van der Waals surface area (Å²) in [6.07, 6.45) is 5.90. The molecule has 3 rings (SSSR count). The third-order valence-electron chi connectivity index (χ3n) is 8.35. The minimum atomic E-state index is -2.50. The minimum Gasteiger partial charge on any atom is -0.338 e. The maximum atomic E-state index is 13.4. The monoisotopic (exact) mass is 595 g/mol. The fourth-order valence-corrected chi connectivity index (χ4v) is 5.73. The summed E-state index contributed by atoms with van der Waals surface area (Å²) in [4.78, 5) is 16.0. The highest BCUT2D eigenvalue weighted by molar-refractivity contribution is 5.74. The van der Waals surface area contributed by atoms with Crippen LogP contribution < -0.4 is 4.90 Å². The van der Waals surface area contributed by atoms with Crippen LogP contribution in [0, 0.1) is 17.8 Å². The number of carbonyl (C=O) groups is 1. The quantitative estimate of drug-likeness (QED) is 0.267. The lowest BCUT2D eigenvalue weighted by Crippen LogP contribution is -2.36. The topological polar surface area (TPSA) is 41.4 Å². The Balaban J connectivity index is 0.00000221. The lowest BCUT2D eigenvalue weighted by molar-refractivity contribution is -0.129. The molecule has 0 N–H and O–H groups in total. The average Bonchev–Trinajstić information content (AvgIpc) is 3.36. The second-order valence-electron chi connectivity index (χ2n) is 11.4. The molecule has 0 saturated heterocycles. The Morgan fingerprint density at radius 1 is 1.05 bits per heavy atom. The summed E-state index contributed by atoms with van der Waals surface area (Å²) < 4.78 is 29.1. The molecule has 5 nitrogen and oxygen atoms in total. The zero-order valence-corrected chi connectivity index (χ0v) is 29.2. The predicted molar refractivity (Wildman–Crippen MR) is 177 cm³/mol. The number of anilines is 1. The van der Waals surface area contributed by atoms with Gasteiger partial charge in [-0.15, -0.1) is 0 Å². The summed E-state index contributed by atoms with van der Waals surface area (Å²) in [5, 5.41) is 5.11. The molecule has 1 fully saturated rings. The van der Waals surface area contributed by atoms with Gasteiger partial charge in [-0.2, -0.15) is 5.10 Å². The maximum absolute atomic E-state index is 13.4. The van der Waals surface area contributed by atoms with Crippen molar-refractivity contribution >= 4 is 11.7 Å². The Kier molecular flexibility index (Phi) is 19.6. The van der Waals surface area contributed by atoms with Gasteiger partial charge in [0.15, 0.2) is 5.82 Å². The van der Waals surface area contributed by atoms with Gasteiger partial charge in [0, 0.05) is 43.4 Å². The number of hydrogen-bond acceptors (Lipinski definition) is 3. The molecule has 1 aliphatic heterocycles. The number of hydrogen-bond donors (Lipinski definition) is 0. The molecule has 1 saturated carbocycles. The number of halogens is 2. The number of likely N-dealkylation sites (N-methyl/N-ethyl adjacent to an activating group) is 1. The van der Waals surface area contributed by atoms with E-state index >= 15 is 0 Å². The number of rotatable bonds is 9. The Morgan fingerprint density at radius 2 is 1.60 bits per heavy atom. The summed E-state index contributed by atoms with van der Waals surface area (Å²) in [6, 6.07) is 0.340. The summed E-state index contributed by atoms with van der Waals surface area (Å²) in [6.45, 7) is 30.5. The lowest BCUT2D eigenvalue weighted by Gasteiger charge is -2.35. The Hall–Kier alpha value is -2.18. The van der Waals surface area contributed by atoms with E-state index in [0.29, 0.717) is 37.3 Å². The largest absolute Gasteiger partial charge is 0.338 e. The first kappa shape index (κ1) is 39.8. The van der Waals surface area contributed by atoms with Crippen LogP contribution in [0.25, 0.3) is 0 Å². The molecule has 2 aliphatic rings. The van der Waals surface area contributed by atoms with Crippen LogP contribution in [0.15, 0.2) is 23.9 Å². The van der Waals surface area contributed by atoms with Crippen molar-refractivity contribution in [2.75, 3.05) is 18.0 Å². The lowest BCUT2D eigenvalue weighted by atomic mass is 9.75. The van der Waals surface area contributed by atoms with Gasteiger partial charge in [0.25, 0.3) is 6.43 Å². The predicted octanol–water partition coefficient (Wildman–Crippen LogP) is 10.2. The summed E-state index contributed by atoms with van der Waals surface area (Å²) >= 11 is 0. The minimum absolute atomic E-state index is 0.0465. The maximum Gasteiger partial charge on any atom is 0.260 e. The number of carbonyl (C=O) groups excluding carboxylic acids is 1. The molecule has 0 radical (unpaired) electrons. The number of aromatic nitrogens is 2. The fourth-order valence-electron chi connectivity index (χ4n) is 5.73. The first-order valence-electron chi connectivity index (χ1n) is 16.8. The van der Waals surface area contributed by atoms with Crippen LogP contribution in [-0.2, 0) is 17.8 Å². The van der Waals surface area contributed by atoms with Crippen LogP contribution in [0.1, 0.15) is 139 Å². The second-order valence-corrected chi connectivity index (χ2v) is 11.4. The van der Waals surface area contributed by atoms with Crippen molar-refractivity contribution in [3.8, 4) is 0 Å². The first-order chi connectivity index (χ1) is 20.0. The third-order valence-corrected chi connectivity index (χ3v) is 8.35. The van der Waals surface area contributed by atoms with E-state index in [1.807, 2.05) is 44.4 Å². The number of fused-ring (bicyclic) bond motifs is 1. The van der Waals surface area contributed by atoms with Crippen molar-refractivity contribution in [1.29, 1.82) is 0 Å². The van der Waals surface area contributed by atoms with Gasteiger partial charge in [-0.25, -0.2) is 8.78 Å². The smallest absolute Gasteiger partial charge is 0.260 e. The fraction of sp³-hybridized carbons (Fsp3) is 0.771. The number of nitrogens with zero attached hydrogens (tertiary/aromatic N) is 4. The molecule has 1 aliphatic carbocycles. The number of amides is 1. The molecule has 0 aromatic carbocycles. The molecule has 244 valence electrons. The molecule has 1 atom stereocenters. The molecule has 0 bridgehead atoms. The van der Waals surface area contributed by atoms with Crippen LogP contribution in [0.2, 0.25) is 0 Å². The van der Waals surface area contributed by atoms with Crippen molar-refractivity contribution in [1.82, 2.24) is 14.7 Å². The molecule has 0 spiro atoms. The van der Waals surface area contributed by atoms with Gasteiger partial charge < -0.3 is 9.80 Å². The highest BCUT2D eigenvalue weighted by atomic mass is 19.3. The van der Waals surface area contributed by atoms with Crippen molar-refractivity contribution in [3.05, 3.63) is 35.2 Å². The van der Waals surface area contributed by atoms with E-state index < -0.39 is 6.43 Å². The zero-order valence-electron chi connectivity index (χ0n) is 29.2. The standard InChI is InChI=1S/C28H44F2N4O.C3H8.2C2H6/c1-8-22(27(29)30)16-19(5)33(9-2)28-25-17-32(21(7)35)15-14-26(25)34(31-28)24-12-10-23(11-13-24)20(6)18(3)4;1-3-2;2*1-2/h16,18,20,23-24,27H,5,8-15,17H2,1-4,6-7H3;3H2,1-2H3;2*1-2H3/b22-16+;;;. The normalized spacial score (nSPS) is 19.0. The van der Waals surface area contributed by atoms with Crippen LogP contribution >= 0.6 is 0 Å². The Bertz CT molecular complexity index is 945. The average molecular weight is 595 g/mol. The van der Waals surface area contributed by atoms with E-state index in [1.54, 1.807) is 13.8 Å². The van der Waals surface area contributed by atoms with Crippen LogP contribution in [0.3, 0.4) is 0 Å². The van der Waals surface area contributed by atoms with E-state index in [0.717, 1.165) is 42.5 Å². The molecule has 1 aromatic heterocycles. The summed E-state index contributed by atoms with van der Waals surface area (Å²) in [7, 11) is 0. The van der Waals surface area contributed by atoms with E-state index in [4.69, 9.17) is 5.10 Å². The van der Waals surface area contributed by atoms with Crippen LogP contribution in [0.5, 0.6) is 0 Å². The molecule has 2 heterocycles. The van der Waals surface area contributed by atoms with Gasteiger partial charge >= 0.3 is 0 Å². The molecule has 7 heteroatoms. The molecule has 42 heavy (non-hydrogen) atoms. The van der Waals surface area contributed by atoms with Gasteiger partial charge in [0.05, 0.1) is 12.6 Å². The first-order valence-corrected chi connectivity index (χ1v) is 16.8. The van der Waals surface area contributed by atoms with E-state index in [-0.39, 0.29) is 17.9 Å². The van der Waals surface area contributed by atoms with E-state index in [1.165, 1.54) is 31.0 Å². The second kappa shape index (κ2) is 20.7. The zero-order chi connectivity index (χ0) is 32.6. The van der Waals surface area contributed by atoms with Gasteiger partial charge in [0.1, 0.15) is 0 Å². The number of allylic oxidation sites excluding steroid dienone is 2. The van der Waals surface area contributed by atoms with Crippen molar-refractivity contribution in [2.24, 2.45) is 17.8 Å². The highest BCUT2D eigenvalue weighted by Crippen LogP contribution is 2.41. The molecular formula is C35H64F2N4O. The van der Waals surface area contributed by atoms with E-state index in [2.05, 4.69) is 45.9 Å². The van der Waals surface area contributed by atoms with Crippen LogP contribution in [-0.4, -0.2) is 40.1 Å². The highest BCUT2D eigenvalue weighted by Gasteiger charge is 2.34.